The Morgan fingerprint density at radius 2 is 1.74 bits per heavy atom. The van der Waals surface area contributed by atoms with Crippen LogP contribution in [0.1, 0.15) is 11.1 Å². The van der Waals surface area contributed by atoms with Gasteiger partial charge in [-0.1, -0.05) is 35.9 Å². The molecule has 0 amide bonds. The lowest BCUT2D eigenvalue weighted by Crippen LogP contribution is -2.36. The van der Waals surface area contributed by atoms with E-state index in [1.807, 2.05) is 0 Å². The summed E-state index contributed by atoms with van der Waals surface area (Å²) in [5, 5.41) is 6.15. The number of nitrogens with one attached hydrogen (secondary N) is 2. The average Bonchev–Trinajstić information content (AvgIpc) is 2.52. The fourth-order valence-corrected chi connectivity index (χ4v) is 2.08. The molecule has 2 aromatic rings. The van der Waals surface area contributed by atoms with E-state index in [1.54, 1.807) is 37.4 Å². The van der Waals surface area contributed by atoms with Crippen LogP contribution in [0.25, 0.3) is 0 Å². The van der Waals surface area contributed by atoms with Crippen molar-refractivity contribution in [1.29, 1.82) is 0 Å². The minimum atomic E-state index is -0.451. The minimum absolute atomic E-state index is 0. The van der Waals surface area contributed by atoms with Gasteiger partial charge in [-0.25, -0.2) is 8.78 Å². The van der Waals surface area contributed by atoms with Crippen molar-refractivity contribution in [2.24, 2.45) is 4.99 Å². The number of guanidine groups is 1. The number of benzene rings is 2. The van der Waals surface area contributed by atoms with E-state index in [-0.39, 0.29) is 34.8 Å². The van der Waals surface area contributed by atoms with Gasteiger partial charge in [-0.2, -0.15) is 0 Å². The fourth-order valence-electron chi connectivity index (χ4n) is 1.88. The molecule has 0 bridgehead atoms. The van der Waals surface area contributed by atoms with E-state index in [9.17, 15) is 8.78 Å². The van der Waals surface area contributed by atoms with Gasteiger partial charge in [0.15, 0.2) is 5.96 Å². The molecular formula is C16H17ClF2IN3. The Hall–Kier alpha value is -1.41. The monoisotopic (exact) mass is 451 g/mol. The Balaban J connectivity index is 0.00000264. The predicted octanol–water partition coefficient (Wildman–Crippen LogP) is 4.10. The van der Waals surface area contributed by atoms with Gasteiger partial charge in [0, 0.05) is 25.7 Å². The highest BCUT2D eigenvalue weighted by Gasteiger charge is 2.04. The zero-order chi connectivity index (χ0) is 15.9. The van der Waals surface area contributed by atoms with E-state index in [0.29, 0.717) is 24.6 Å². The first-order valence-corrected chi connectivity index (χ1v) is 7.10. The SMILES string of the molecule is CN=C(NCc1ccc(F)c(Cl)c1)NCc1ccccc1F.I. The summed E-state index contributed by atoms with van der Waals surface area (Å²) < 4.78 is 26.6. The van der Waals surface area contributed by atoms with Crippen LogP contribution in [0, 0.1) is 11.6 Å². The summed E-state index contributed by atoms with van der Waals surface area (Å²) in [5.41, 5.74) is 1.37. The third kappa shape index (κ3) is 5.95. The fraction of sp³-hybridized carbons (Fsp3) is 0.188. The standard InChI is InChI=1S/C16H16ClF2N3.HI/c1-20-16(22-10-12-4-2-3-5-14(12)18)21-9-11-6-7-15(19)13(17)8-11;/h2-8H,9-10H2,1H3,(H2,20,21,22);1H. The van der Waals surface area contributed by atoms with Crippen molar-refractivity contribution >= 4 is 41.5 Å². The highest BCUT2D eigenvalue weighted by Crippen LogP contribution is 2.15. The van der Waals surface area contributed by atoms with E-state index in [4.69, 9.17) is 11.6 Å². The van der Waals surface area contributed by atoms with Crippen LogP contribution in [-0.2, 0) is 13.1 Å². The van der Waals surface area contributed by atoms with Gasteiger partial charge in [0.2, 0.25) is 0 Å². The van der Waals surface area contributed by atoms with Crippen LogP contribution in [0.15, 0.2) is 47.5 Å². The maximum absolute atomic E-state index is 13.5. The first-order chi connectivity index (χ1) is 10.6. The number of hydrogen-bond donors (Lipinski definition) is 2. The Kier molecular flexibility index (Phi) is 8.25. The zero-order valence-electron chi connectivity index (χ0n) is 12.4. The molecule has 0 aliphatic heterocycles. The predicted molar refractivity (Wildman–Crippen MR) is 100 cm³/mol. The molecule has 0 heterocycles. The summed E-state index contributed by atoms with van der Waals surface area (Å²) in [4.78, 5) is 4.05. The third-order valence-electron chi connectivity index (χ3n) is 3.07. The first kappa shape index (κ1) is 19.6. The Labute approximate surface area is 156 Å². The topological polar surface area (TPSA) is 36.4 Å². The average molecular weight is 452 g/mol. The maximum atomic E-state index is 13.5. The summed E-state index contributed by atoms with van der Waals surface area (Å²) >= 11 is 5.73. The highest BCUT2D eigenvalue weighted by atomic mass is 127. The second kappa shape index (κ2) is 9.67. The summed E-state index contributed by atoms with van der Waals surface area (Å²) in [6.45, 7) is 0.744. The molecule has 0 aromatic heterocycles. The lowest BCUT2D eigenvalue weighted by molar-refractivity contribution is 0.604. The van der Waals surface area contributed by atoms with Crippen molar-refractivity contribution in [3.05, 3.63) is 70.2 Å². The van der Waals surface area contributed by atoms with Gasteiger partial charge >= 0.3 is 0 Å². The summed E-state index contributed by atoms with van der Waals surface area (Å²) in [6.07, 6.45) is 0. The molecule has 2 rings (SSSR count). The van der Waals surface area contributed by atoms with E-state index in [0.717, 1.165) is 5.56 Å². The second-order valence-electron chi connectivity index (χ2n) is 4.62. The molecule has 7 heteroatoms. The van der Waals surface area contributed by atoms with Gasteiger partial charge in [-0.15, -0.1) is 24.0 Å². The zero-order valence-corrected chi connectivity index (χ0v) is 15.5. The molecule has 0 unspecified atom stereocenters. The van der Waals surface area contributed by atoms with Crippen molar-refractivity contribution in [3.63, 3.8) is 0 Å². The minimum Gasteiger partial charge on any atom is -0.352 e. The molecule has 2 N–H and O–H groups in total. The van der Waals surface area contributed by atoms with E-state index >= 15 is 0 Å². The molecule has 23 heavy (non-hydrogen) atoms. The van der Waals surface area contributed by atoms with Gasteiger partial charge in [-0.3, -0.25) is 4.99 Å². The van der Waals surface area contributed by atoms with Crippen molar-refractivity contribution < 1.29 is 8.78 Å². The molecule has 0 radical (unpaired) electrons. The smallest absolute Gasteiger partial charge is 0.191 e. The van der Waals surface area contributed by atoms with Gasteiger partial charge in [0.25, 0.3) is 0 Å². The summed E-state index contributed by atoms with van der Waals surface area (Å²) in [6, 6.07) is 11.0. The summed E-state index contributed by atoms with van der Waals surface area (Å²) in [5.74, 6) is -0.202. The van der Waals surface area contributed by atoms with Gasteiger partial charge in [-0.05, 0) is 23.8 Å². The van der Waals surface area contributed by atoms with Crippen LogP contribution >= 0.6 is 35.6 Å². The number of hydrogen-bond acceptors (Lipinski definition) is 1. The van der Waals surface area contributed by atoms with Gasteiger partial charge in [0.1, 0.15) is 11.6 Å². The van der Waals surface area contributed by atoms with Crippen molar-refractivity contribution in [3.8, 4) is 0 Å². The first-order valence-electron chi connectivity index (χ1n) is 6.72. The Morgan fingerprint density at radius 1 is 1.04 bits per heavy atom. The number of aliphatic imine (C=N–C) groups is 1. The number of rotatable bonds is 4. The maximum Gasteiger partial charge on any atom is 0.191 e. The van der Waals surface area contributed by atoms with Crippen LogP contribution in [0.2, 0.25) is 5.02 Å². The molecule has 2 aromatic carbocycles. The molecule has 0 atom stereocenters. The van der Waals surface area contributed by atoms with Crippen molar-refractivity contribution in [2.45, 2.75) is 13.1 Å². The molecule has 0 aliphatic rings. The van der Waals surface area contributed by atoms with Crippen molar-refractivity contribution in [1.82, 2.24) is 10.6 Å². The molecule has 124 valence electrons. The second-order valence-corrected chi connectivity index (χ2v) is 5.03. The molecule has 3 nitrogen and oxygen atoms in total. The van der Waals surface area contributed by atoms with E-state index < -0.39 is 5.82 Å². The highest BCUT2D eigenvalue weighted by molar-refractivity contribution is 14.0. The summed E-state index contributed by atoms with van der Waals surface area (Å²) in [7, 11) is 1.62. The Morgan fingerprint density at radius 3 is 2.39 bits per heavy atom. The van der Waals surface area contributed by atoms with Crippen LogP contribution in [-0.4, -0.2) is 13.0 Å². The van der Waals surface area contributed by atoms with Crippen LogP contribution in [0.5, 0.6) is 0 Å². The lowest BCUT2D eigenvalue weighted by atomic mass is 10.2. The van der Waals surface area contributed by atoms with Crippen molar-refractivity contribution in [2.75, 3.05) is 7.05 Å². The van der Waals surface area contributed by atoms with Crippen LogP contribution < -0.4 is 10.6 Å². The van der Waals surface area contributed by atoms with Crippen LogP contribution in [0.4, 0.5) is 8.78 Å². The number of halogens is 4. The molecule has 0 saturated carbocycles. The van der Waals surface area contributed by atoms with Gasteiger partial charge in [0.05, 0.1) is 5.02 Å². The Bertz CT molecular complexity index is 680. The quantitative estimate of drug-likeness (QED) is 0.417. The molecule has 0 saturated heterocycles. The van der Waals surface area contributed by atoms with E-state index in [1.165, 1.54) is 12.1 Å². The third-order valence-corrected chi connectivity index (χ3v) is 3.36. The largest absolute Gasteiger partial charge is 0.352 e. The molecule has 0 aliphatic carbocycles. The normalized spacial score (nSPS) is 10.9. The number of nitrogens with zero attached hydrogens (tertiary/aromatic N) is 1. The molecule has 0 fully saturated rings. The lowest BCUT2D eigenvalue weighted by Gasteiger charge is -2.12. The molecular weight excluding hydrogens is 435 g/mol. The van der Waals surface area contributed by atoms with Gasteiger partial charge < -0.3 is 10.6 Å². The molecule has 0 spiro atoms. The van der Waals surface area contributed by atoms with E-state index in [2.05, 4.69) is 15.6 Å². The van der Waals surface area contributed by atoms with Crippen LogP contribution in [0.3, 0.4) is 0 Å².